The van der Waals surface area contributed by atoms with E-state index in [0.717, 1.165) is 5.56 Å². The monoisotopic (exact) mass is 553 g/mol. The fraction of sp³-hybridized carbons (Fsp3) is 0.304. The Balaban J connectivity index is 1.90. The predicted molar refractivity (Wildman–Crippen MR) is 133 cm³/mol. The zero-order chi connectivity index (χ0) is 25.1. The second-order valence-electron chi connectivity index (χ2n) is 6.93. The standard InChI is InChI=1S/C23H25BrClN3O6/c1-4-33-19-10-15(9-17(24)23(19)34-13-22(31)32-3)12-26-28-21(30)8-7-20(29)27-16-6-5-14(2)18(25)11-16/h5-6,9-12H,4,7-8,13H2,1-3H3,(H,27,29)(H,28,30). The number of aryl methyl sites for hydroxylation is 1. The molecule has 0 bridgehead atoms. The molecular formula is C23H25BrClN3O6. The van der Waals surface area contributed by atoms with E-state index in [-0.39, 0.29) is 25.4 Å². The third-order valence-corrected chi connectivity index (χ3v) is 5.33. The Kier molecular flexibility index (Phi) is 10.8. The fourth-order valence-electron chi connectivity index (χ4n) is 2.61. The lowest BCUT2D eigenvalue weighted by molar-refractivity contribution is -0.143. The van der Waals surface area contributed by atoms with Gasteiger partial charge in [-0.25, -0.2) is 10.2 Å². The third-order valence-electron chi connectivity index (χ3n) is 4.33. The highest BCUT2D eigenvalue weighted by Crippen LogP contribution is 2.36. The highest BCUT2D eigenvalue weighted by Gasteiger charge is 2.14. The van der Waals surface area contributed by atoms with Gasteiger partial charge in [0.15, 0.2) is 18.1 Å². The fourth-order valence-corrected chi connectivity index (χ4v) is 3.37. The van der Waals surface area contributed by atoms with Crippen LogP contribution in [0.3, 0.4) is 0 Å². The van der Waals surface area contributed by atoms with Crippen LogP contribution < -0.4 is 20.2 Å². The van der Waals surface area contributed by atoms with Gasteiger partial charge < -0.3 is 19.5 Å². The molecule has 0 radical (unpaired) electrons. The quantitative estimate of drug-likeness (QED) is 0.244. The molecule has 0 saturated heterocycles. The van der Waals surface area contributed by atoms with Gasteiger partial charge in [0.25, 0.3) is 0 Å². The number of carbonyl (C=O) groups excluding carboxylic acids is 3. The van der Waals surface area contributed by atoms with Gasteiger partial charge in [0.2, 0.25) is 11.8 Å². The van der Waals surface area contributed by atoms with E-state index in [1.807, 2.05) is 13.8 Å². The molecule has 2 N–H and O–H groups in total. The van der Waals surface area contributed by atoms with E-state index in [4.69, 9.17) is 21.1 Å². The molecule has 11 heteroatoms. The number of esters is 1. The lowest BCUT2D eigenvalue weighted by Gasteiger charge is -2.13. The van der Waals surface area contributed by atoms with Crippen molar-refractivity contribution in [3.05, 3.63) is 51.0 Å². The van der Waals surface area contributed by atoms with E-state index in [1.54, 1.807) is 30.3 Å². The number of ether oxygens (including phenoxy) is 3. The maximum atomic E-state index is 12.1. The number of hydrazone groups is 1. The van der Waals surface area contributed by atoms with Gasteiger partial charge in [0.05, 0.1) is 24.4 Å². The first-order valence-electron chi connectivity index (χ1n) is 10.3. The Labute approximate surface area is 210 Å². The van der Waals surface area contributed by atoms with Crippen LogP contribution in [0.25, 0.3) is 0 Å². The van der Waals surface area contributed by atoms with Crippen LogP contribution in [0.15, 0.2) is 39.9 Å². The first-order chi connectivity index (χ1) is 16.2. The maximum absolute atomic E-state index is 12.1. The molecule has 0 heterocycles. The van der Waals surface area contributed by atoms with Gasteiger partial charge in [-0.1, -0.05) is 17.7 Å². The summed E-state index contributed by atoms with van der Waals surface area (Å²) in [7, 11) is 1.27. The number of amides is 2. The molecule has 2 rings (SSSR count). The van der Waals surface area contributed by atoms with Crippen molar-refractivity contribution in [2.75, 3.05) is 25.6 Å². The van der Waals surface area contributed by atoms with E-state index in [0.29, 0.717) is 38.9 Å². The number of rotatable bonds is 11. The number of benzene rings is 2. The molecule has 0 aliphatic carbocycles. The van der Waals surface area contributed by atoms with Gasteiger partial charge in [0, 0.05) is 23.6 Å². The summed E-state index contributed by atoms with van der Waals surface area (Å²) in [6.07, 6.45) is 1.36. The summed E-state index contributed by atoms with van der Waals surface area (Å²) in [4.78, 5) is 35.4. The number of anilines is 1. The molecule has 9 nitrogen and oxygen atoms in total. The minimum Gasteiger partial charge on any atom is -0.490 e. The van der Waals surface area contributed by atoms with Crippen molar-refractivity contribution in [3.8, 4) is 11.5 Å². The van der Waals surface area contributed by atoms with Gasteiger partial charge in [-0.3, -0.25) is 9.59 Å². The molecule has 182 valence electrons. The Morgan fingerprint density at radius 3 is 2.53 bits per heavy atom. The minimum absolute atomic E-state index is 0.0148. The Morgan fingerprint density at radius 1 is 1.12 bits per heavy atom. The zero-order valence-electron chi connectivity index (χ0n) is 18.9. The van der Waals surface area contributed by atoms with Crippen molar-refractivity contribution in [2.24, 2.45) is 5.10 Å². The van der Waals surface area contributed by atoms with Crippen LogP contribution in [0, 0.1) is 6.92 Å². The molecule has 2 amide bonds. The molecular weight excluding hydrogens is 530 g/mol. The molecule has 0 unspecified atom stereocenters. The Hall–Kier alpha value is -3.11. The molecule has 0 saturated carbocycles. The van der Waals surface area contributed by atoms with Crippen molar-refractivity contribution in [3.63, 3.8) is 0 Å². The molecule has 0 fully saturated rings. The Bertz CT molecular complexity index is 1080. The number of carbonyl (C=O) groups is 3. The van der Waals surface area contributed by atoms with Crippen LogP contribution in [0.1, 0.15) is 30.9 Å². The van der Waals surface area contributed by atoms with Crippen molar-refractivity contribution in [2.45, 2.75) is 26.7 Å². The summed E-state index contributed by atoms with van der Waals surface area (Å²) < 4.78 is 16.1. The number of halogens is 2. The van der Waals surface area contributed by atoms with Gasteiger partial charge in [-0.15, -0.1) is 0 Å². The number of nitrogens with zero attached hydrogens (tertiary/aromatic N) is 1. The van der Waals surface area contributed by atoms with Crippen LogP contribution in [0.2, 0.25) is 5.02 Å². The second kappa shape index (κ2) is 13.6. The largest absolute Gasteiger partial charge is 0.490 e. The Morgan fingerprint density at radius 2 is 1.85 bits per heavy atom. The van der Waals surface area contributed by atoms with Crippen molar-refractivity contribution < 1.29 is 28.6 Å². The average Bonchev–Trinajstić information content (AvgIpc) is 2.79. The predicted octanol–water partition coefficient (Wildman–Crippen LogP) is 4.23. The molecule has 2 aromatic rings. The number of nitrogens with one attached hydrogen (secondary N) is 2. The molecule has 2 aromatic carbocycles. The highest BCUT2D eigenvalue weighted by atomic mass is 79.9. The molecule has 0 aromatic heterocycles. The summed E-state index contributed by atoms with van der Waals surface area (Å²) in [5.74, 6) is -0.530. The van der Waals surface area contributed by atoms with Crippen LogP contribution in [-0.2, 0) is 19.1 Å². The van der Waals surface area contributed by atoms with Crippen molar-refractivity contribution in [1.29, 1.82) is 0 Å². The summed E-state index contributed by atoms with van der Waals surface area (Å²) >= 11 is 9.42. The van der Waals surface area contributed by atoms with Crippen LogP contribution in [0.4, 0.5) is 5.69 Å². The normalized spacial score (nSPS) is 10.6. The molecule has 0 aliphatic heterocycles. The first-order valence-corrected chi connectivity index (χ1v) is 11.4. The molecule has 0 atom stereocenters. The summed E-state index contributed by atoms with van der Waals surface area (Å²) in [5, 5.41) is 7.16. The summed E-state index contributed by atoms with van der Waals surface area (Å²) in [5.41, 5.74) is 4.45. The SMILES string of the molecule is CCOc1cc(C=NNC(=O)CCC(=O)Nc2ccc(C)c(Cl)c2)cc(Br)c1OCC(=O)OC. The third kappa shape index (κ3) is 8.68. The smallest absolute Gasteiger partial charge is 0.343 e. The van der Waals surface area contributed by atoms with E-state index < -0.39 is 11.9 Å². The van der Waals surface area contributed by atoms with Crippen LogP contribution in [-0.4, -0.2) is 44.3 Å². The molecule has 0 spiro atoms. The lowest BCUT2D eigenvalue weighted by Crippen LogP contribution is -2.20. The highest BCUT2D eigenvalue weighted by molar-refractivity contribution is 9.10. The van der Waals surface area contributed by atoms with Crippen molar-refractivity contribution in [1.82, 2.24) is 5.43 Å². The van der Waals surface area contributed by atoms with E-state index >= 15 is 0 Å². The average molecular weight is 555 g/mol. The summed E-state index contributed by atoms with van der Waals surface area (Å²) in [6.45, 7) is 3.77. The minimum atomic E-state index is -0.529. The van der Waals surface area contributed by atoms with Gasteiger partial charge in [-0.2, -0.15) is 5.10 Å². The van der Waals surface area contributed by atoms with Gasteiger partial charge in [0.1, 0.15) is 0 Å². The second-order valence-corrected chi connectivity index (χ2v) is 8.19. The van der Waals surface area contributed by atoms with Gasteiger partial charge in [-0.05, 0) is 65.2 Å². The van der Waals surface area contributed by atoms with Gasteiger partial charge >= 0.3 is 5.97 Å². The van der Waals surface area contributed by atoms with Crippen LogP contribution >= 0.6 is 27.5 Å². The van der Waals surface area contributed by atoms with E-state index in [1.165, 1.54) is 13.3 Å². The topological polar surface area (TPSA) is 115 Å². The first kappa shape index (κ1) is 27.1. The van der Waals surface area contributed by atoms with E-state index in [9.17, 15) is 14.4 Å². The van der Waals surface area contributed by atoms with Crippen LogP contribution in [0.5, 0.6) is 11.5 Å². The van der Waals surface area contributed by atoms with Crippen molar-refractivity contribution >= 4 is 57.2 Å². The number of methoxy groups -OCH3 is 1. The molecule has 34 heavy (non-hydrogen) atoms. The zero-order valence-corrected chi connectivity index (χ0v) is 21.3. The lowest BCUT2D eigenvalue weighted by atomic mass is 10.2. The molecule has 0 aliphatic rings. The van der Waals surface area contributed by atoms with E-state index in [2.05, 4.69) is 36.5 Å². The summed E-state index contributed by atoms with van der Waals surface area (Å²) in [6, 6.07) is 8.53. The number of hydrogen-bond donors (Lipinski definition) is 2. The maximum Gasteiger partial charge on any atom is 0.343 e. The number of hydrogen-bond acceptors (Lipinski definition) is 7.